The van der Waals surface area contributed by atoms with Crippen molar-refractivity contribution in [2.24, 2.45) is 5.41 Å². The summed E-state index contributed by atoms with van der Waals surface area (Å²) in [5.74, 6) is 0.0710. The van der Waals surface area contributed by atoms with Crippen LogP contribution in [0.3, 0.4) is 0 Å². The number of hydrogen-bond acceptors (Lipinski definition) is 4. The Morgan fingerprint density at radius 3 is 2.59 bits per heavy atom. The third kappa shape index (κ3) is 3.91. The van der Waals surface area contributed by atoms with Crippen molar-refractivity contribution < 1.29 is 19.1 Å². The van der Waals surface area contributed by atoms with Gasteiger partial charge in [-0.15, -0.1) is 6.58 Å². The molecule has 0 unspecified atom stereocenters. The fourth-order valence-electron chi connectivity index (χ4n) is 4.26. The van der Waals surface area contributed by atoms with Gasteiger partial charge in [0.05, 0.1) is 5.52 Å². The van der Waals surface area contributed by atoms with Crippen LogP contribution < -0.4 is 0 Å². The van der Waals surface area contributed by atoms with E-state index >= 15 is 0 Å². The summed E-state index contributed by atoms with van der Waals surface area (Å²) in [4.78, 5) is 38.4. The molecular weight excluding hydrogens is 366 g/mol. The molecule has 154 valence electrons. The lowest BCUT2D eigenvalue weighted by Gasteiger charge is -2.35. The highest BCUT2D eigenvalue weighted by Crippen LogP contribution is 2.45. The molecule has 0 fully saturated rings. The second-order valence-electron chi connectivity index (χ2n) is 8.96. The molecule has 3 rings (SSSR count). The van der Waals surface area contributed by atoms with Crippen LogP contribution in [0.4, 0.5) is 4.79 Å². The number of carbonyl (C=O) groups excluding carboxylic acids is 3. The van der Waals surface area contributed by atoms with E-state index in [-0.39, 0.29) is 11.6 Å². The molecule has 5 heteroatoms. The zero-order chi connectivity index (χ0) is 21.4. The first-order chi connectivity index (χ1) is 13.6. The number of benzene rings is 1. The van der Waals surface area contributed by atoms with E-state index in [1.807, 2.05) is 45.0 Å². The Morgan fingerprint density at radius 2 is 1.97 bits per heavy atom. The van der Waals surface area contributed by atoms with Gasteiger partial charge in [-0.25, -0.2) is 9.36 Å². The van der Waals surface area contributed by atoms with Gasteiger partial charge in [0.15, 0.2) is 5.78 Å². The molecule has 0 spiro atoms. The molecule has 1 atom stereocenters. The highest BCUT2D eigenvalue weighted by molar-refractivity contribution is 6.14. The van der Waals surface area contributed by atoms with Gasteiger partial charge in [0.2, 0.25) is 0 Å². The average molecular weight is 395 g/mol. The Labute approximate surface area is 171 Å². The van der Waals surface area contributed by atoms with Gasteiger partial charge in [0.25, 0.3) is 0 Å². The van der Waals surface area contributed by atoms with Gasteiger partial charge in [-0.3, -0.25) is 4.79 Å². The fraction of sp³-hybridized carbons (Fsp3) is 0.458. The topological polar surface area (TPSA) is 65.4 Å². The molecule has 0 aliphatic heterocycles. The minimum Gasteiger partial charge on any atom is -0.443 e. The van der Waals surface area contributed by atoms with Crippen LogP contribution in [0.1, 0.15) is 69.4 Å². The molecule has 5 nitrogen and oxygen atoms in total. The number of ketones is 2. The van der Waals surface area contributed by atoms with Crippen LogP contribution in [0.2, 0.25) is 0 Å². The van der Waals surface area contributed by atoms with Gasteiger partial charge in [0, 0.05) is 28.5 Å². The number of nitrogens with zero attached hydrogens (tertiary/aromatic N) is 1. The molecule has 0 amide bonds. The molecule has 0 saturated carbocycles. The number of fused-ring (bicyclic) bond motifs is 3. The average Bonchev–Trinajstić information content (AvgIpc) is 2.96. The number of para-hydroxylation sites is 1. The predicted octanol–water partition coefficient (Wildman–Crippen LogP) is 5.49. The number of carbonyl (C=O) groups is 3. The van der Waals surface area contributed by atoms with E-state index in [9.17, 15) is 14.4 Å². The van der Waals surface area contributed by atoms with Crippen LogP contribution >= 0.6 is 0 Å². The minimum atomic E-state index is -0.649. The third-order valence-electron chi connectivity index (χ3n) is 5.59. The summed E-state index contributed by atoms with van der Waals surface area (Å²) in [5.41, 5.74) is 0.683. The zero-order valence-corrected chi connectivity index (χ0v) is 17.7. The van der Waals surface area contributed by atoms with Gasteiger partial charge in [-0.05, 0) is 59.4 Å². The van der Waals surface area contributed by atoms with Gasteiger partial charge in [-0.1, -0.05) is 24.3 Å². The molecule has 0 radical (unpaired) electrons. The van der Waals surface area contributed by atoms with Gasteiger partial charge < -0.3 is 9.53 Å². The van der Waals surface area contributed by atoms with E-state index in [1.165, 1.54) is 0 Å². The molecule has 1 aromatic heterocycles. The monoisotopic (exact) mass is 395 g/mol. The summed E-state index contributed by atoms with van der Waals surface area (Å²) < 4.78 is 7.17. The third-order valence-corrected chi connectivity index (χ3v) is 5.59. The van der Waals surface area contributed by atoms with Crippen molar-refractivity contribution in [3.63, 3.8) is 0 Å². The predicted molar refractivity (Wildman–Crippen MR) is 113 cm³/mol. The largest absolute Gasteiger partial charge is 0.443 e. The molecule has 1 aliphatic carbocycles. The quantitative estimate of drug-likeness (QED) is 0.628. The molecule has 2 aromatic rings. The van der Waals surface area contributed by atoms with Crippen molar-refractivity contribution in [3.05, 3.63) is 48.2 Å². The van der Waals surface area contributed by atoms with Crippen molar-refractivity contribution in [1.29, 1.82) is 0 Å². The highest BCUT2D eigenvalue weighted by Gasteiger charge is 2.44. The van der Waals surface area contributed by atoms with Crippen molar-refractivity contribution in [2.75, 3.05) is 0 Å². The Bertz CT molecular complexity index is 992. The van der Waals surface area contributed by atoms with Crippen LogP contribution in [0.25, 0.3) is 10.9 Å². The van der Waals surface area contributed by atoms with Crippen LogP contribution in [0.5, 0.6) is 0 Å². The van der Waals surface area contributed by atoms with E-state index < -0.39 is 17.1 Å². The molecule has 1 heterocycles. The van der Waals surface area contributed by atoms with E-state index in [0.29, 0.717) is 48.9 Å². The SMILES string of the molecule is C=CC[C@]1(CCC(C)=O)CCc2c(c3ccccc3n2C(=O)OC(C)(C)C)C1=O. The smallest absolute Gasteiger partial charge is 0.419 e. The summed E-state index contributed by atoms with van der Waals surface area (Å²) in [5, 5.41) is 0.759. The molecular formula is C24H29NO4. The minimum absolute atomic E-state index is 0.00147. The van der Waals surface area contributed by atoms with Crippen LogP contribution in [-0.2, 0) is 16.0 Å². The van der Waals surface area contributed by atoms with Crippen molar-refractivity contribution >= 4 is 28.6 Å². The molecule has 0 N–H and O–H groups in total. The van der Waals surface area contributed by atoms with Crippen LogP contribution in [0.15, 0.2) is 36.9 Å². The summed E-state index contributed by atoms with van der Waals surface area (Å²) in [6, 6.07) is 7.44. The standard InChI is InChI=1S/C24H29NO4/c1-6-13-24(14-11-16(2)26)15-12-19-20(21(24)27)17-9-7-8-10-18(17)25(19)22(28)29-23(3,4)5/h6-10H,1,11-15H2,2-5H3/t24-/m0/s1. The van der Waals surface area contributed by atoms with E-state index in [4.69, 9.17) is 4.74 Å². The summed E-state index contributed by atoms with van der Waals surface area (Å²) in [7, 11) is 0. The van der Waals surface area contributed by atoms with Gasteiger partial charge >= 0.3 is 6.09 Å². The molecule has 0 bridgehead atoms. The zero-order valence-electron chi connectivity index (χ0n) is 17.7. The normalized spacial score (nSPS) is 19.1. The number of rotatable bonds is 5. The number of hydrogen-bond donors (Lipinski definition) is 0. The Balaban J connectivity index is 2.16. The molecule has 0 saturated heterocycles. The van der Waals surface area contributed by atoms with E-state index in [1.54, 1.807) is 17.6 Å². The Hall–Kier alpha value is -2.69. The van der Waals surface area contributed by atoms with Crippen molar-refractivity contribution in [3.8, 4) is 0 Å². The first-order valence-electron chi connectivity index (χ1n) is 10.1. The first-order valence-corrected chi connectivity index (χ1v) is 10.1. The van der Waals surface area contributed by atoms with Crippen molar-refractivity contribution in [1.82, 2.24) is 4.57 Å². The lowest BCUT2D eigenvalue weighted by atomic mass is 9.67. The second kappa shape index (κ2) is 7.62. The Morgan fingerprint density at radius 1 is 1.28 bits per heavy atom. The highest BCUT2D eigenvalue weighted by atomic mass is 16.6. The lowest BCUT2D eigenvalue weighted by Crippen LogP contribution is -2.37. The molecule has 29 heavy (non-hydrogen) atoms. The first kappa shape index (κ1) is 21.0. The number of allylic oxidation sites excluding steroid dienone is 1. The van der Waals surface area contributed by atoms with E-state index in [0.717, 1.165) is 5.39 Å². The maximum absolute atomic E-state index is 13.8. The molecule has 1 aliphatic rings. The van der Waals surface area contributed by atoms with Crippen LogP contribution in [-0.4, -0.2) is 27.8 Å². The molecule has 1 aromatic carbocycles. The number of aromatic nitrogens is 1. The number of ether oxygens (including phenoxy) is 1. The Kier molecular flexibility index (Phi) is 5.52. The summed E-state index contributed by atoms with van der Waals surface area (Å²) >= 11 is 0. The number of Topliss-reactive ketones (excluding diaryl/α,β-unsaturated/α-hetero) is 2. The lowest BCUT2D eigenvalue weighted by molar-refractivity contribution is -0.117. The fourth-order valence-corrected chi connectivity index (χ4v) is 4.26. The maximum Gasteiger partial charge on any atom is 0.419 e. The van der Waals surface area contributed by atoms with E-state index in [2.05, 4.69) is 6.58 Å². The summed E-state index contributed by atoms with van der Waals surface area (Å²) in [6.07, 6.45) is 3.82. The van der Waals surface area contributed by atoms with Crippen molar-refractivity contribution in [2.45, 2.75) is 65.4 Å². The van der Waals surface area contributed by atoms with Gasteiger partial charge in [-0.2, -0.15) is 0 Å². The second-order valence-corrected chi connectivity index (χ2v) is 8.96. The van der Waals surface area contributed by atoms with Crippen LogP contribution in [0, 0.1) is 5.41 Å². The maximum atomic E-state index is 13.8. The van der Waals surface area contributed by atoms with Gasteiger partial charge in [0.1, 0.15) is 11.4 Å². The summed E-state index contributed by atoms with van der Waals surface area (Å²) in [6.45, 7) is 10.9.